The standard InChI is InChI=1S/C15H18N2O3/c1-16-7-6-13-11(8-16)9-17(14(13)18)12-4-2-10(3-5-12)15(19)20/h2-5,11,13H,6-9H2,1H3,(H,19,20)/t11-,13-/m1/s1. The average molecular weight is 274 g/mol. The van der Waals surface area contributed by atoms with E-state index in [0.29, 0.717) is 5.92 Å². The number of carbonyl (C=O) groups is 2. The molecular weight excluding hydrogens is 256 g/mol. The highest BCUT2D eigenvalue weighted by atomic mass is 16.4. The zero-order chi connectivity index (χ0) is 14.3. The minimum atomic E-state index is -0.945. The van der Waals surface area contributed by atoms with Crippen LogP contribution >= 0.6 is 0 Å². The van der Waals surface area contributed by atoms with Crippen LogP contribution in [0, 0.1) is 11.8 Å². The molecule has 1 N–H and O–H groups in total. The van der Waals surface area contributed by atoms with E-state index >= 15 is 0 Å². The second-order valence-electron chi connectivity index (χ2n) is 5.72. The van der Waals surface area contributed by atoms with Gasteiger partial charge in [0.05, 0.1) is 5.56 Å². The molecule has 2 aliphatic heterocycles. The third kappa shape index (κ3) is 2.18. The maximum Gasteiger partial charge on any atom is 0.335 e. The fourth-order valence-corrected chi connectivity index (χ4v) is 3.27. The topological polar surface area (TPSA) is 60.9 Å². The summed E-state index contributed by atoms with van der Waals surface area (Å²) in [6.07, 6.45) is 0.920. The highest BCUT2D eigenvalue weighted by molar-refractivity contribution is 5.98. The van der Waals surface area contributed by atoms with Crippen LogP contribution in [0.3, 0.4) is 0 Å². The van der Waals surface area contributed by atoms with E-state index in [1.165, 1.54) is 0 Å². The number of rotatable bonds is 2. The Morgan fingerprint density at radius 3 is 2.60 bits per heavy atom. The van der Waals surface area contributed by atoms with Crippen molar-refractivity contribution in [3.8, 4) is 0 Å². The molecule has 0 radical (unpaired) electrons. The van der Waals surface area contributed by atoms with E-state index < -0.39 is 5.97 Å². The molecule has 5 heteroatoms. The highest BCUT2D eigenvalue weighted by Crippen LogP contribution is 2.34. The Morgan fingerprint density at radius 2 is 1.95 bits per heavy atom. The number of hydrogen-bond donors (Lipinski definition) is 1. The lowest BCUT2D eigenvalue weighted by atomic mass is 9.88. The number of nitrogens with zero attached hydrogens (tertiary/aromatic N) is 2. The Hall–Kier alpha value is -1.88. The van der Waals surface area contributed by atoms with E-state index in [9.17, 15) is 9.59 Å². The molecule has 1 aromatic rings. The van der Waals surface area contributed by atoms with Gasteiger partial charge < -0.3 is 14.9 Å². The van der Waals surface area contributed by atoms with Gasteiger partial charge >= 0.3 is 5.97 Å². The van der Waals surface area contributed by atoms with Crippen molar-refractivity contribution in [2.24, 2.45) is 11.8 Å². The largest absolute Gasteiger partial charge is 0.478 e. The summed E-state index contributed by atoms with van der Waals surface area (Å²) in [5, 5.41) is 8.90. The normalized spacial score (nSPS) is 26.6. The van der Waals surface area contributed by atoms with Crippen molar-refractivity contribution in [1.82, 2.24) is 4.90 Å². The minimum absolute atomic E-state index is 0.130. The van der Waals surface area contributed by atoms with Crippen LogP contribution in [0.15, 0.2) is 24.3 Å². The third-order valence-corrected chi connectivity index (χ3v) is 4.36. The molecule has 1 aromatic carbocycles. The lowest BCUT2D eigenvalue weighted by molar-refractivity contribution is -0.122. The van der Waals surface area contributed by atoms with Crippen molar-refractivity contribution in [2.45, 2.75) is 6.42 Å². The average Bonchev–Trinajstić information content (AvgIpc) is 2.75. The molecule has 3 rings (SSSR count). The molecule has 0 spiro atoms. The smallest absolute Gasteiger partial charge is 0.335 e. The Morgan fingerprint density at radius 1 is 1.25 bits per heavy atom. The van der Waals surface area contributed by atoms with Gasteiger partial charge in [0, 0.05) is 30.6 Å². The molecular formula is C15H18N2O3. The summed E-state index contributed by atoms with van der Waals surface area (Å²) >= 11 is 0. The lowest BCUT2D eigenvalue weighted by Crippen LogP contribution is -2.38. The van der Waals surface area contributed by atoms with Crippen molar-refractivity contribution in [1.29, 1.82) is 0 Å². The first-order valence-electron chi connectivity index (χ1n) is 6.89. The van der Waals surface area contributed by atoms with Crippen LogP contribution in [-0.2, 0) is 4.79 Å². The van der Waals surface area contributed by atoms with E-state index in [-0.39, 0.29) is 17.4 Å². The Balaban J connectivity index is 1.81. The molecule has 2 saturated heterocycles. The van der Waals surface area contributed by atoms with Crippen molar-refractivity contribution in [2.75, 3.05) is 31.6 Å². The minimum Gasteiger partial charge on any atom is -0.478 e. The van der Waals surface area contributed by atoms with E-state index in [1.807, 2.05) is 0 Å². The fraction of sp³-hybridized carbons (Fsp3) is 0.467. The summed E-state index contributed by atoms with van der Waals surface area (Å²) in [7, 11) is 2.09. The van der Waals surface area contributed by atoms with Gasteiger partial charge in [-0.25, -0.2) is 4.79 Å². The van der Waals surface area contributed by atoms with Crippen LogP contribution in [0.1, 0.15) is 16.8 Å². The molecule has 0 aliphatic carbocycles. The molecule has 0 saturated carbocycles. The maximum absolute atomic E-state index is 12.5. The van der Waals surface area contributed by atoms with Crippen LogP contribution in [0.2, 0.25) is 0 Å². The van der Waals surface area contributed by atoms with Gasteiger partial charge in [-0.15, -0.1) is 0 Å². The van der Waals surface area contributed by atoms with E-state index in [2.05, 4.69) is 11.9 Å². The number of carboxylic acids is 1. The van der Waals surface area contributed by atoms with Gasteiger partial charge in [-0.3, -0.25) is 4.79 Å². The van der Waals surface area contributed by atoms with Gasteiger partial charge in [0.15, 0.2) is 0 Å². The van der Waals surface area contributed by atoms with Crippen LogP contribution in [-0.4, -0.2) is 48.6 Å². The van der Waals surface area contributed by atoms with Gasteiger partial charge in [0.1, 0.15) is 0 Å². The van der Waals surface area contributed by atoms with Gasteiger partial charge in [0.2, 0.25) is 5.91 Å². The molecule has 2 aliphatic rings. The molecule has 20 heavy (non-hydrogen) atoms. The molecule has 2 heterocycles. The first-order chi connectivity index (χ1) is 9.56. The summed E-state index contributed by atoms with van der Waals surface area (Å²) in [5.74, 6) is -0.239. The number of piperidine rings is 1. The number of likely N-dealkylation sites (tertiary alicyclic amines) is 1. The van der Waals surface area contributed by atoms with Gasteiger partial charge in [0.25, 0.3) is 0 Å². The quantitative estimate of drug-likeness (QED) is 0.883. The first-order valence-corrected chi connectivity index (χ1v) is 6.89. The Bertz CT molecular complexity index is 541. The molecule has 5 nitrogen and oxygen atoms in total. The van der Waals surface area contributed by atoms with Crippen molar-refractivity contribution >= 4 is 17.6 Å². The predicted molar refractivity (Wildman–Crippen MR) is 74.8 cm³/mol. The van der Waals surface area contributed by atoms with Crippen LogP contribution in [0.25, 0.3) is 0 Å². The number of fused-ring (bicyclic) bond motifs is 1. The lowest BCUT2D eigenvalue weighted by Gasteiger charge is -2.29. The summed E-state index contributed by atoms with van der Waals surface area (Å²) in [5.41, 5.74) is 1.05. The second kappa shape index (κ2) is 4.90. The number of aromatic carboxylic acids is 1. The first kappa shape index (κ1) is 13.1. The zero-order valence-electron chi connectivity index (χ0n) is 11.5. The maximum atomic E-state index is 12.5. The van der Waals surface area contributed by atoms with Gasteiger partial charge in [-0.05, 0) is 44.3 Å². The van der Waals surface area contributed by atoms with E-state index in [0.717, 1.165) is 31.7 Å². The number of anilines is 1. The summed E-state index contributed by atoms with van der Waals surface area (Å²) in [4.78, 5) is 27.4. The van der Waals surface area contributed by atoms with Gasteiger partial charge in [-0.1, -0.05) is 0 Å². The van der Waals surface area contributed by atoms with E-state index in [4.69, 9.17) is 5.11 Å². The van der Waals surface area contributed by atoms with E-state index in [1.54, 1.807) is 29.2 Å². The van der Waals surface area contributed by atoms with Crippen LogP contribution in [0.5, 0.6) is 0 Å². The van der Waals surface area contributed by atoms with Crippen LogP contribution < -0.4 is 4.90 Å². The summed E-state index contributed by atoms with van der Waals surface area (Å²) < 4.78 is 0. The van der Waals surface area contributed by atoms with Crippen molar-refractivity contribution < 1.29 is 14.7 Å². The third-order valence-electron chi connectivity index (χ3n) is 4.36. The molecule has 2 fully saturated rings. The SMILES string of the molecule is CN1CC[C@H]2C(=O)N(c3ccc(C(=O)O)cc3)C[C@H]2C1. The summed E-state index contributed by atoms with van der Waals surface area (Å²) in [6.45, 7) is 2.67. The molecule has 0 aromatic heterocycles. The number of carboxylic acid groups (broad SMARTS) is 1. The van der Waals surface area contributed by atoms with Gasteiger partial charge in [-0.2, -0.15) is 0 Å². The highest BCUT2D eigenvalue weighted by Gasteiger charge is 2.43. The second-order valence-corrected chi connectivity index (χ2v) is 5.72. The number of carbonyl (C=O) groups excluding carboxylic acids is 1. The Kier molecular flexibility index (Phi) is 3.22. The number of benzene rings is 1. The van der Waals surface area contributed by atoms with Crippen molar-refractivity contribution in [3.05, 3.63) is 29.8 Å². The van der Waals surface area contributed by atoms with Crippen LogP contribution in [0.4, 0.5) is 5.69 Å². The fourth-order valence-electron chi connectivity index (χ4n) is 3.27. The zero-order valence-corrected chi connectivity index (χ0v) is 11.5. The molecule has 0 unspecified atom stereocenters. The molecule has 0 bridgehead atoms. The predicted octanol–water partition coefficient (Wildman–Crippen LogP) is 1.30. The molecule has 2 atom stereocenters. The Labute approximate surface area is 117 Å². The monoisotopic (exact) mass is 274 g/mol. The number of amides is 1. The molecule has 106 valence electrons. The summed E-state index contributed by atoms with van der Waals surface area (Å²) in [6, 6.07) is 6.56. The number of hydrogen-bond acceptors (Lipinski definition) is 3. The van der Waals surface area contributed by atoms with Crippen molar-refractivity contribution in [3.63, 3.8) is 0 Å². The molecule has 1 amide bonds.